The van der Waals surface area contributed by atoms with Crippen LogP contribution in [0.1, 0.15) is 91.9 Å². The molecule has 0 aromatic rings. The van der Waals surface area contributed by atoms with E-state index < -0.39 is 0 Å². The molecule has 0 aromatic carbocycles. The molecule has 0 aromatic heterocycles. The predicted molar refractivity (Wildman–Crippen MR) is 95.7 cm³/mol. The van der Waals surface area contributed by atoms with Gasteiger partial charge in [0.25, 0.3) is 0 Å². The third-order valence-corrected chi connectivity index (χ3v) is 5.29. The molecule has 3 unspecified atom stereocenters. The van der Waals surface area contributed by atoms with Gasteiger partial charge in [0.1, 0.15) is 0 Å². The van der Waals surface area contributed by atoms with Gasteiger partial charge in [0.05, 0.1) is 0 Å². The van der Waals surface area contributed by atoms with Crippen LogP contribution in [0.5, 0.6) is 0 Å². The molecule has 1 aliphatic rings. The maximum atomic E-state index is 3.72. The summed E-state index contributed by atoms with van der Waals surface area (Å²) in [5, 5.41) is 3.72. The molecule has 126 valence electrons. The van der Waals surface area contributed by atoms with Gasteiger partial charge in [0.15, 0.2) is 0 Å². The van der Waals surface area contributed by atoms with Crippen LogP contribution in [0.3, 0.4) is 0 Å². The molecule has 1 saturated carbocycles. The minimum atomic E-state index is 0.782. The Balaban J connectivity index is 2.21. The van der Waals surface area contributed by atoms with Crippen LogP contribution in [-0.2, 0) is 0 Å². The van der Waals surface area contributed by atoms with Gasteiger partial charge in [-0.05, 0) is 49.6 Å². The van der Waals surface area contributed by atoms with E-state index in [1.165, 1.54) is 77.3 Å². The second kappa shape index (κ2) is 11.5. The molecule has 21 heavy (non-hydrogen) atoms. The summed E-state index contributed by atoms with van der Waals surface area (Å²) in [5.41, 5.74) is 0. The number of nitrogens with one attached hydrogen (secondary N) is 1. The Hall–Kier alpha value is -0.0400. The molecule has 3 atom stereocenters. The first-order chi connectivity index (χ1) is 10.1. The third kappa shape index (κ3) is 8.86. The maximum Gasteiger partial charge on any atom is -0.00178 e. The summed E-state index contributed by atoms with van der Waals surface area (Å²) in [6.07, 6.45) is 14.6. The van der Waals surface area contributed by atoms with E-state index >= 15 is 0 Å². The average molecular weight is 296 g/mol. The van der Waals surface area contributed by atoms with E-state index in [4.69, 9.17) is 0 Å². The van der Waals surface area contributed by atoms with Gasteiger partial charge < -0.3 is 5.32 Å². The summed E-state index contributed by atoms with van der Waals surface area (Å²) in [7, 11) is 0. The zero-order valence-corrected chi connectivity index (χ0v) is 15.3. The van der Waals surface area contributed by atoms with Crippen LogP contribution >= 0.6 is 0 Å². The molecule has 0 bridgehead atoms. The zero-order chi connectivity index (χ0) is 15.5. The summed E-state index contributed by atoms with van der Waals surface area (Å²) in [4.78, 5) is 0. The van der Waals surface area contributed by atoms with Crippen LogP contribution in [0.4, 0.5) is 0 Å². The normalized spacial score (nSPS) is 26.4. The van der Waals surface area contributed by atoms with Gasteiger partial charge in [-0.25, -0.2) is 0 Å². The summed E-state index contributed by atoms with van der Waals surface area (Å²) >= 11 is 0. The van der Waals surface area contributed by atoms with E-state index in [9.17, 15) is 0 Å². The van der Waals surface area contributed by atoms with Crippen molar-refractivity contribution in [1.29, 1.82) is 0 Å². The summed E-state index contributed by atoms with van der Waals surface area (Å²) < 4.78 is 0. The van der Waals surface area contributed by atoms with Crippen LogP contribution in [-0.4, -0.2) is 13.1 Å². The Morgan fingerprint density at radius 3 is 2.38 bits per heavy atom. The van der Waals surface area contributed by atoms with Crippen LogP contribution in [0.25, 0.3) is 0 Å². The van der Waals surface area contributed by atoms with Crippen molar-refractivity contribution in [2.75, 3.05) is 13.1 Å². The van der Waals surface area contributed by atoms with Crippen LogP contribution in [0.15, 0.2) is 0 Å². The number of hydrogen-bond donors (Lipinski definition) is 1. The minimum absolute atomic E-state index is 0.782. The van der Waals surface area contributed by atoms with Crippen molar-refractivity contribution >= 4 is 0 Å². The minimum Gasteiger partial charge on any atom is -0.316 e. The van der Waals surface area contributed by atoms with Gasteiger partial charge in [-0.2, -0.15) is 0 Å². The Morgan fingerprint density at radius 2 is 1.67 bits per heavy atom. The first kappa shape index (κ1) is 19.0. The molecule has 1 heteroatoms. The molecule has 1 aliphatic carbocycles. The molecule has 1 N–H and O–H groups in total. The van der Waals surface area contributed by atoms with Crippen molar-refractivity contribution in [3.05, 3.63) is 0 Å². The molecule has 0 spiro atoms. The molecular formula is C20H41N. The van der Waals surface area contributed by atoms with Crippen molar-refractivity contribution in [1.82, 2.24) is 5.32 Å². The standard InChI is InChI=1S/C20H41N/c1-5-6-7-8-9-10-11-19-14-18(4)12-13-20(19)16-21-15-17(2)3/h17-21H,5-16H2,1-4H3. The fraction of sp³-hybridized carbons (Fsp3) is 1.00. The molecule has 0 saturated heterocycles. The zero-order valence-electron chi connectivity index (χ0n) is 15.3. The fourth-order valence-corrected chi connectivity index (χ4v) is 3.93. The first-order valence-electron chi connectivity index (χ1n) is 9.84. The topological polar surface area (TPSA) is 12.0 Å². The second-order valence-electron chi connectivity index (χ2n) is 8.05. The lowest BCUT2D eigenvalue weighted by Crippen LogP contribution is -2.34. The lowest BCUT2D eigenvalue weighted by atomic mass is 9.72. The van der Waals surface area contributed by atoms with Gasteiger partial charge in [-0.15, -0.1) is 0 Å². The smallest absolute Gasteiger partial charge is 0.00178 e. The van der Waals surface area contributed by atoms with Crippen molar-refractivity contribution in [2.45, 2.75) is 91.9 Å². The summed E-state index contributed by atoms with van der Waals surface area (Å²) in [6, 6.07) is 0. The van der Waals surface area contributed by atoms with Crippen LogP contribution < -0.4 is 5.32 Å². The van der Waals surface area contributed by atoms with Crippen molar-refractivity contribution in [3.63, 3.8) is 0 Å². The van der Waals surface area contributed by atoms with Crippen molar-refractivity contribution in [2.24, 2.45) is 23.7 Å². The Kier molecular flexibility index (Phi) is 10.4. The highest BCUT2D eigenvalue weighted by molar-refractivity contribution is 4.80. The largest absolute Gasteiger partial charge is 0.316 e. The van der Waals surface area contributed by atoms with E-state index in [2.05, 4.69) is 33.0 Å². The van der Waals surface area contributed by atoms with E-state index in [-0.39, 0.29) is 0 Å². The first-order valence-corrected chi connectivity index (χ1v) is 9.84. The Labute approximate surface area is 134 Å². The highest BCUT2D eigenvalue weighted by Crippen LogP contribution is 2.36. The second-order valence-corrected chi connectivity index (χ2v) is 8.05. The molecular weight excluding hydrogens is 254 g/mol. The fourth-order valence-electron chi connectivity index (χ4n) is 3.93. The molecule has 0 aliphatic heterocycles. The van der Waals surface area contributed by atoms with Crippen LogP contribution in [0.2, 0.25) is 0 Å². The Morgan fingerprint density at radius 1 is 0.952 bits per heavy atom. The highest BCUT2D eigenvalue weighted by atomic mass is 14.9. The molecule has 0 heterocycles. The van der Waals surface area contributed by atoms with E-state index in [0.717, 1.165) is 23.7 Å². The number of hydrogen-bond acceptors (Lipinski definition) is 1. The van der Waals surface area contributed by atoms with Crippen molar-refractivity contribution in [3.8, 4) is 0 Å². The van der Waals surface area contributed by atoms with Gasteiger partial charge in [0, 0.05) is 0 Å². The summed E-state index contributed by atoms with van der Waals surface area (Å²) in [6.45, 7) is 11.8. The number of unbranched alkanes of at least 4 members (excludes halogenated alkanes) is 5. The maximum absolute atomic E-state index is 3.72. The quantitative estimate of drug-likeness (QED) is 0.458. The van der Waals surface area contributed by atoms with Crippen molar-refractivity contribution < 1.29 is 0 Å². The lowest BCUT2D eigenvalue weighted by Gasteiger charge is -2.35. The van der Waals surface area contributed by atoms with Crippen LogP contribution in [0, 0.1) is 23.7 Å². The van der Waals surface area contributed by atoms with E-state index in [1.54, 1.807) is 0 Å². The highest BCUT2D eigenvalue weighted by Gasteiger charge is 2.27. The van der Waals surface area contributed by atoms with Gasteiger partial charge >= 0.3 is 0 Å². The SMILES string of the molecule is CCCCCCCCC1CC(C)CCC1CNCC(C)C. The average Bonchev–Trinajstić information content (AvgIpc) is 2.44. The third-order valence-electron chi connectivity index (χ3n) is 5.29. The molecule has 0 radical (unpaired) electrons. The van der Waals surface area contributed by atoms with Gasteiger partial charge in [0.2, 0.25) is 0 Å². The van der Waals surface area contributed by atoms with E-state index in [1.807, 2.05) is 0 Å². The van der Waals surface area contributed by atoms with Gasteiger partial charge in [-0.1, -0.05) is 79.1 Å². The molecule has 1 nitrogen and oxygen atoms in total. The molecule has 1 rings (SSSR count). The Bertz CT molecular complexity index is 236. The lowest BCUT2D eigenvalue weighted by molar-refractivity contribution is 0.170. The van der Waals surface area contributed by atoms with Gasteiger partial charge in [-0.3, -0.25) is 0 Å². The monoisotopic (exact) mass is 295 g/mol. The number of rotatable bonds is 11. The molecule has 0 amide bonds. The summed E-state index contributed by atoms with van der Waals surface area (Å²) in [5.74, 6) is 3.70. The predicted octanol–water partition coefficient (Wildman–Crippen LogP) is 6.04. The van der Waals surface area contributed by atoms with E-state index in [0.29, 0.717) is 0 Å². The molecule has 1 fully saturated rings.